The van der Waals surface area contributed by atoms with Crippen molar-refractivity contribution in [2.45, 2.75) is 23.9 Å². The smallest absolute Gasteiger partial charge is 0.337 e. The number of nitrogens with zero attached hydrogens (tertiary/aromatic N) is 3. The number of hydrogen-bond acceptors (Lipinski definition) is 9. The van der Waals surface area contributed by atoms with E-state index in [0.29, 0.717) is 33.5 Å². The fourth-order valence-corrected chi connectivity index (χ4v) is 3.99. The van der Waals surface area contributed by atoms with Gasteiger partial charge in [0.15, 0.2) is 4.34 Å². The molecule has 0 radical (unpaired) electrons. The molecule has 0 aliphatic heterocycles. The number of amides is 1. The highest BCUT2D eigenvalue weighted by molar-refractivity contribution is 8.00. The van der Waals surface area contributed by atoms with Gasteiger partial charge in [0.1, 0.15) is 11.3 Å². The van der Waals surface area contributed by atoms with Gasteiger partial charge in [-0.05, 0) is 31.5 Å². The maximum absolute atomic E-state index is 12.3. The molecule has 1 amide bonds. The molecule has 0 atom stereocenters. The van der Waals surface area contributed by atoms with Crippen LogP contribution in [0.2, 0.25) is 0 Å². The second-order valence-corrected chi connectivity index (χ2v) is 7.70. The Balaban J connectivity index is 1.58. The number of hydrogen-bond donors (Lipinski definition) is 1. The number of aromatic nitrogens is 3. The van der Waals surface area contributed by atoms with Gasteiger partial charge in [-0.2, -0.15) is 0 Å². The number of methoxy groups -OCH3 is 1. The third-order valence-corrected chi connectivity index (χ3v) is 5.67. The lowest BCUT2D eigenvalue weighted by Gasteiger charge is -2.01. The first-order valence-electron chi connectivity index (χ1n) is 7.85. The molecule has 0 unspecified atom stereocenters. The van der Waals surface area contributed by atoms with Gasteiger partial charge in [-0.15, -0.1) is 10.2 Å². The number of nitrogens with one attached hydrogen (secondary N) is 1. The monoisotopic (exact) mass is 404 g/mol. The van der Waals surface area contributed by atoms with Gasteiger partial charge in [-0.1, -0.05) is 40.4 Å². The zero-order chi connectivity index (χ0) is 19.4. The first-order chi connectivity index (χ1) is 13.0. The first-order valence-corrected chi connectivity index (χ1v) is 9.66. The molecule has 3 rings (SSSR count). The van der Waals surface area contributed by atoms with Crippen molar-refractivity contribution in [2.75, 3.05) is 12.4 Å². The SMILES string of the molecule is COC(=O)c1ccc(CSc2nnc(NC(=O)c3c(C)noc3C)s2)cc1. The molecule has 1 N–H and O–H groups in total. The van der Waals surface area contributed by atoms with Crippen molar-refractivity contribution < 1.29 is 18.8 Å². The Bertz CT molecular complexity index is 946. The van der Waals surface area contributed by atoms with E-state index in [2.05, 4.69) is 25.4 Å². The number of esters is 1. The van der Waals surface area contributed by atoms with E-state index in [1.807, 2.05) is 12.1 Å². The number of anilines is 1. The molecule has 27 heavy (non-hydrogen) atoms. The number of thioether (sulfide) groups is 1. The molecule has 140 valence electrons. The predicted octanol–water partition coefficient (Wildman–Crippen LogP) is 3.47. The molecule has 0 aliphatic rings. The second-order valence-electron chi connectivity index (χ2n) is 5.50. The number of rotatable bonds is 6. The third kappa shape index (κ3) is 4.52. The zero-order valence-electron chi connectivity index (χ0n) is 14.8. The Morgan fingerprint density at radius 2 is 1.96 bits per heavy atom. The lowest BCUT2D eigenvalue weighted by Crippen LogP contribution is -2.13. The summed E-state index contributed by atoms with van der Waals surface area (Å²) in [7, 11) is 1.35. The van der Waals surface area contributed by atoms with E-state index in [-0.39, 0.29) is 11.9 Å². The van der Waals surface area contributed by atoms with Gasteiger partial charge in [0.05, 0.1) is 18.4 Å². The summed E-state index contributed by atoms with van der Waals surface area (Å²) in [5, 5.41) is 14.9. The van der Waals surface area contributed by atoms with Crippen molar-refractivity contribution in [1.82, 2.24) is 15.4 Å². The minimum absolute atomic E-state index is 0.322. The van der Waals surface area contributed by atoms with Gasteiger partial charge >= 0.3 is 5.97 Å². The van der Waals surface area contributed by atoms with E-state index < -0.39 is 0 Å². The summed E-state index contributed by atoms with van der Waals surface area (Å²) in [5.74, 6) is 0.433. The largest absolute Gasteiger partial charge is 0.465 e. The van der Waals surface area contributed by atoms with Crippen LogP contribution < -0.4 is 5.32 Å². The molecule has 1 aromatic carbocycles. The minimum Gasteiger partial charge on any atom is -0.465 e. The molecule has 3 aromatic rings. The molecule has 0 spiro atoms. The van der Waals surface area contributed by atoms with E-state index in [1.165, 1.54) is 30.2 Å². The summed E-state index contributed by atoms with van der Waals surface area (Å²) in [6, 6.07) is 7.16. The molecule has 0 saturated heterocycles. The summed E-state index contributed by atoms with van der Waals surface area (Å²) in [6.45, 7) is 3.39. The maximum Gasteiger partial charge on any atom is 0.337 e. The summed E-state index contributed by atoms with van der Waals surface area (Å²) in [6.07, 6.45) is 0. The van der Waals surface area contributed by atoms with E-state index in [4.69, 9.17) is 4.52 Å². The topological polar surface area (TPSA) is 107 Å². The number of ether oxygens (including phenoxy) is 1. The maximum atomic E-state index is 12.3. The van der Waals surface area contributed by atoms with Crippen LogP contribution >= 0.6 is 23.1 Å². The van der Waals surface area contributed by atoms with Crippen LogP contribution in [-0.4, -0.2) is 34.3 Å². The highest BCUT2D eigenvalue weighted by Gasteiger charge is 2.19. The van der Waals surface area contributed by atoms with Crippen molar-refractivity contribution >= 4 is 40.1 Å². The van der Waals surface area contributed by atoms with Crippen LogP contribution in [0.4, 0.5) is 5.13 Å². The van der Waals surface area contributed by atoms with Crippen LogP contribution in [0, 0.1) is 13.8 Å². The second kappa shape index (κ2) is 8.31. The Morgan fingerprint density at radius 3 is 2.59 bits per heavy atom. The quantitative estimate of drug-likeness (QED) is 0.378. The van der Waals surface area contributed by atoms with Crippen molar-refractivity contribution in [3.8, 4) is 0 Å². The summed E-state index contributed by atoms with van der Waals surface area (Å²) in [5.41, 5.74) is 2.47. The molecule has 0 saturated carbocycles. The van der Waals surface area contributed by atoms with Crippen molar-refractivity contribution in [2.24, 2.45) is 0 Å². The molecule has 2 aromatic heterocycles. The van der Waals surface area contributed by atoms with Gasteiger partial charge in [0, 0.05) is 5.75 Å². The number of carbonyl (C=O) groups excluding carboxylic acids is 2. The van der Waals surface area contributed by atoms with E-state index in [0.717, 1.165) is 9.90 Å². The number of aryl methyl sites for hydroxylation is 2. The predicted molar refractivity (Wildman–Crippen MR) is 101 cm³/mol. The van der Waals surface area contributed by atoms with Crippen LogP contribution in [0.3, 0.4) is 0 Å². The third-order valence-electron chi connectivity index (χ3n) is 3.62. The normalized spacial score (nSPS) is 10.6. The van der Waals surface area contributed by atoms with Crippen molar-refractivity contribution in [1.29, 1.82) is 0 Å². The van der Waals surface area contributed by atoms with Crippen molar-refractivity contribution in [3.05, 3.63) is 52.4 Å². The standard InChI is InChI=1S/C17H16N4O4S2/c1-9-13(10(2)25-21-9)14(22)18-16-19-20-17(27-16)26-8-11-4-6-12(7-5-11)15(23)24-3/h4-7H,8H2,1-3H3,(H,18,19,22). The van der Waals surface area contributed by atoms with Crippen LogP contribution in [0.1, 0.15) is 37.7 Å². The molecule has 2 heterocycles. The van der Waals surface area contributed by atoms with Crippen molar-refractivity contribution in [3.63, 3.8) is 0 Å². The number of carbonyl (C=O) groups is 2. The molecule has 0 aliphatic carbocycles. The minimum atomic E-state index is -0.364. The molecular weight excluding hydrogens is 388 g/mol. The number of benzene rings is 1. The van der Waals surface area contributed by atoms with Crippen LogP contribution in [0.5, 0.6) is 0 Å². The average Bonchev–Trinajstić information content (AvgIpc) is 3.25. The first kappa shape index (κ1) is 19.1. The molecular formula is C17H16N4O4S2. The molecule has 0 fully saturated rings. The fraction of sp³-hybridized carbons (Fsp3) is 0.235. The lowest BCUT2D eigenvalue weighted by molar-refractivity contribution is 0.0600. The Kier molecular flexibility index (Phi) is 5.87. The van der Waals surface area contributed by atoms with Crippen LogP contribution in [0.25, 0.3) is 0 Å². The van der Waals surface area contributed by atoms with Gasteiger partial charge < -0.3 is 9.26 Å². The van der Waals surface area contributed by atoms with E-state index in [9.17, 15) is 9.59 Å². The van der Waals surface area contributed by atoms with Crippen LogP contribution in [-0.2, 0) is 10.5 Å². The van der Waals surface area contributed by atoms with Gasteiger partial charge in [0.2, 0.25) is 5.13 Å². The fourth-order valence-electron chi connectivity index (χ4n) is 2.29. The Hall–Kier alpha value is -2.72. The Labute approximate surface area is 163 Å². The molecule has 0 bridgehead atoms. The zero-order valence-corrected chi connectivity index (χ0v) is 16.4. The van der Waals surface area contributed by atoms with E-state index in [1.54, 1.807) is 26.0 Å². The average molecular weight is 404 g/mol. The summed E-state index contributed by atoms with van der Waals surface area (Å²) >= 11 is 2.78. The summed E-state index contributed by atoms with van der Waals surface area (Å²) in [4.78, 5) is 23.7. The summed E-state index contributed by atoms with van der Waals surface area (Å²) < 4.78 is 10.4. The molecule has 10 heteroatoms. The van der Waals surface area contributed by atoms with E-state index >= 15 is 0 Å². The van der Waals surface area contributed by atoms with Gasteiger partial charge in [-0.25, -0.2) is 4.79 Å². The van der Waals surface area contributed by atoms with Gasteiger partial charge in [-0.3, -0.25) is 10.1 Å². The van der Waals surface area contributed by atoms with Crippen LogP contribution in [0.15, 0.2) is 33.1 Å². The highest BCUT2D eigenvalue weighted by Crippen LogP contribution is 2.29. The lowest BCUT2D eigenvalue weighted by atomic mass is 10.1. The highest BCUT2D eigenvalue weighted by atomic mass is 32.2. The van der Waals surface area contributed by atoms with Gasteiger partial charge in [0.25, 0.3) is 5.91 Å². The Morgan fingerprint density at radius 1 is 1.22 bits per heavy atom. The molecule has 8 nitrogen and oxygen atoms in total.